The minimum Gasteiger partial charge on any atom is -0.388 e. The van der Waals surface area contributed by atoms with Crippen molar-refractivity contribution in [2.75, 3.05) is 6.54 Å². The Kier molecular flexibility index (Phi) is 6.06. The third-order valence-corrected chi connectivity index (χ3v) is 8.03. The van der Waals surface area contributed by atoms with Crippen LogP contribution < -0.4 is 5.32 Å². The molecule has 0 bridgehead atoms. The van der Waals surface area contributed by atoms with Gasteiger partial charge in [-0.15, -0.1) is 0 Å². The van der Waals surface area contributed by atoms with Crippen LogP contribution in [0.5, 0.6) is 0 Å². The van der Waals surface area contributed by atoms with Crippen molar-refractivity contribution >= 4 is 5.91 Å². The predicted molar refractivity (Wildman–Crippen MR) is 107 cm³/mol. The van der Waals surface area contributed by atoms with Gasteiger partial charge in [0.15, 0.2) is 0 Å². The van der Waals surface area contributed by atoms with Crippen molar-refractivity contribution in [2.45, 2.75) is 110 Å². The van der Waals surface area contributed by atoms with E-state index in [2.05, 4.69) is 19.2 Å². The van der Waals surface area contributed by atoms with Crippen LogP contribution in [0.25, 0.3) is 0 Å². The van der Waals surface area contributed by atoms with Crippen molar-refractivity contribution in [3.05, 3.63) is 0 Å². The molecule has 0 aromatic rings. The second kappa shape index (κ2) is 7.81. The molecular weight excluding hydrogens is 322 g/mol. The minimum atomic E-state index is -0.784. The quantitative estimate of drug-likeness (QED) is 0.704. The summed E-state index contributed by atoms with van der Waals surface area (Å²) in [5, 5.41) is 14.0. The first-order chi connectivity index (χ1) is 12.2. The Morgan fingerprint density at radius 3 is 2.31 bits per heavy atom. The standard InChI is InChI=1S/C23H41NO2/c1-21(2)10-6-7-19(16-21)22(3,26)17-24-20(25)15-18-8-13-23(14-9-18)11-4-5-12-23/h18-19,26H,4-17H2,1-3H3,(H,24,25). The van der Waals surface area contributed by atoms with Crippen LogP contribution in [-0.4, -0.2) is 23.2 Å². The van der Waals surface area contributed by atoms with Crippen LogP contribution >= 0.6 is 0 Å². The average molecular weight is 364 g/mol. The summed E-state index contributed by atoms with van der Waals surface area (Å²) in [7, 11) is 0. The summed E-state index contributed by atoms with van der Waals surface area (Å²) >= 11 is 0. The highest BCUT2D eigenvalue weighted by Gasteiger charge is 2.40. The van der Waals surface area contributed by atoms with Gasteiger partial charge in [-0.2, -0.15) is 0 Å². The normalized spacial score (nSPS) is 30.8. The number of hydrogen-bond acceptors (Lipinski definition) is 2. The summed E-state index contributed by atoms with van der Waals surface area (Å²) in [6, 6.07) is 0. The molecule has 0 aromatic carbocycles. The van der Waals surface area contributed by atoms with E-state index in [4.69, 9.17) is 0 Å². The number of carbonyl (C=O) groups is 1. The maximum Gasteiger partial charge on any atom is 0.220 e. The zero-order valence-electron chi connectivity index (χ0n) is 17.4. The largest absolute Gasteiger partial charge is 0.388 e. The number of hydrogen-bond donors (Lipinski definition) is 2. The lowest BCUT2D eigenvalue weighted by Gasteiger charge is -2.42. The Morgan fingerprint density at radius 2 is 1.69 bits per heavy atom. The Morgan fingerprint density at radius 1 is 1.04 bits per heavy atom. The van der Waals surface area contributed by atoms with Crippen LogP contribution in [0.2, 0.25) is 0 Å². The van der Waals surface area contributed by atoms with E-state index in [0.717, 1.165) is 12.8 Å². The number of aliphatic hydroxyl groups is 1. The van der Waals surface area contributed by atoms with Crippen molar-refractivity contribution in [2.24, 2.45) is 22.7 Å². The Bertz CT molecular complexity index is 480. The van der Waals surface area contributed by atoms with E-state index in [1.54, 1.807) is 0 Å². The molecule has 3 nitrogen and oxygen atoms in total. The maximum absolute atomic E-state index is 12.5. The summed E-state index contributed by atoms with van der Waals surface area (Å²) < 4.78 is 0. The lowest BCUT2D eigenvalue weighted by atomic mass is 9.67. The average Bonchev–Trinajstić information content (AvgIpc) is 3.03. The predicted octanol–water partition coefficient (Wildman–Crippen LogP) is 5.21. The lowest BCUT2D eigenvalue weighted by Crippen LogP contribution is -2.48. The molecule has 2 N–H and O–H groups in total. The number of nitrogens with one attached hydrogen (secondary N) is 1. The van der Waals surface area contributed by atoms with Gasteiger partial charge in [-0.05, 0) is 87.4 Å². The van der Waals surface area contributed by atoms with Crippen LogP contribution in [0.15, 0.2) is 0 Å². The van der Waals surface area contributed by atoms with Crippen molar-refractivity contribution in [1.82, 2.24) is 5.32 Å². The molecule has 0 aromatic heterocycles. The summed E-state index contributed by atoms with van der Waals surface area (Å²) in [5.74, 6) is 0.996. The molecule has 3 aliphatic carbocycles. The van der Waals surface area contributed by atoms with E-state index >= 15 is 0 Å². The Labute approximate surface area is 160 Å². The molecule has 1 amide bonds. The maximum atomic E-state index is 12.5. The topological polar surface area (TPSA) is 49.3 Å². The van der Waals surface area contributed by atoms with E-state index in [0.29, 0.717) is 35.6 Å². The van der Waals surface area contributed by atoms with E-state index in [1.165, 1.54) is 64.2 Å². The van der Waals surface area contributed by atoms with Crippen molar-refractivity contribution in [3.8, 4) is 0 Å². The van der Waals surface area contributed by atoms with Gasteiger partial charge >= 0.3 is 0 Å². The molecular formula is C23H41NO2. The molecule has 0 saturated heterocycles. The van der Waals surface area contributed by atoms with Crippen LogP contribution in [0.4, 0.5) is 0 Å². The fraction of sp³-hybridized carbons (Fsp3) is 0.957. The fourth-order valence-electron chi connectivity index (χ4n) is 6.10. The van der Waals surface area contributed by atoms with Crippen molar-refractivity contribution in [1.29, 1.82) is 0 Å². The molecule has 3 fully saturated rings. The monoisotopic (exact) mass is 363 g/mol. The second-order valence-electron chi connectivity index (χ2n) is 10.9. The Balaban J connectivity index is 1.41. The molecule has 0 heterocycles. The van der Waals surface area contributed by atoms with E-state index < -0.39 is 5.60 Å². The van der Waals surface area contributed by atoms with Gasteiger partial charge in [-0.25, -0.2) is 0 Å². The van der Waals surface area contributed by atoms with E-state index in [9.17, 15) is 9.90 Å². The summed E-state index contributed by atoms with van der Waals surface area (Å²) in [6.45, 7) is 6.93. The van der Waals surface area contributed by atoms with Crippen molar-refractivity contribution < 1.29 is 9.90 Å². The zero-order valence-corrected chi connectivity index (χ0v) is 17.4. The first kappa shape index (κ1) is 20.2. The van der Waals surface area contributed by atoms with Gasteiger partial charge in [0.1, 0.15) is 0 Å². The molecule has 2 unspecified atom stereocenters. The van der Waals surface area contributed by atoms with Gasteiger partial charge in [0, 0.05) is 13.0 Å². The second-order valence-corrected chi connectivity index (χ2v) is 10.9. The minimum absolute atomic E-state index is 0.146. The molecule has 3 heteroatoms. The molecule has 150 valence electrons. The third kappa shape index (κ3) is 5.03. The molecule has 2 atom stereocenters. The highest BCUT2D eigenvalue weighted by atomic mass is 16.3. The van der Waals surface area contributed by atoms with Crippen LogP contribution in [0.3, 0.4) is 0 Å². The molecule has 3 rings (SSSR count). The van der Waals surface area contributed by atoms with Crippen LogP contribution in [0.1, 0.15) is 104 Å². The van der Waals surface area contributed by atoms with Gasteiger partial charge in [-0.3, -0.25) is 4.79 Å². The van der Waals surface area contributed by atoms with Crippen molar-refractivity contribution in [3.63, 3.8) is 0 Å². The van der Waals surface area contributed by atoms with E-state index in [1.807, 2.05) is 6.92 Å². The fourth-order valence-corrected chi connectivity index (χ4v) is 6.10. The molecule has 3 aliphatic rings. The highest BCUT2D eigenvalue weighted by Crippen LogP contribution is 2.50. The molecule has 26 heavy (non-hydrogen) atoms. The zero-order chi connectivity index (χ0) is 18.8. The van der Waals surface area contributed by atoms with Gasteiger partial charge in [0.05, 0.1) is 5.60 Å². The van der Waals surface area contributed by atoms with Gasteiger partial charge in [0.25, 0.3) is 0 Å². The SMILES string of the molecule is CC1(C)CCCC(C(C)(O)CNC(=O)CC2CCC3(CCCC3)CC2)C1. The number of amides is 1. The molecule has 3 saturated carbocycles. The lowest BCUT2D eigenvalue weighted by molar-refractivity contribution is -0.124. The summed E-state index contributed by atoms with van der Waals surface area (Å²) in [5.41, 5.74) is 0.174. The van der Waals surface area contributed by atoms with Crippen LogP contribution in [0, 0.1) is 22.7 Å². The smallest absolute Gasteiger partial charge is 0.220 e. The summed E-state index contributed by atoms with van der Waals surface area (Å²) in [4.78, 5) is 12.5. The van der Waals surface area contributed by atoms with E-state index in [-0.39, 0.29) is 5.91 Å². The first-order valence-electron chi connectivity index (χ1n) is 11.2. The number of carbonyl (C=O) groups excluding carboxylic acids is 1. The summed E-state index contributed by atoms with van der Waals surface area (Å²) in [6.07, 6.45) is 16.0. The molecule has 1 spiro atoms. The third-order valence-electron chi connectivity index (χ3n) is 8.03. The molecule has 0 aliphatic heterocycles. The molecule has 0 radical (unpaired) electrons. The Hall–Kier alpha value is -0.570. The highest BCUT2D eigenvalue weighted by molar-refractivity contribution is 5.76. The van der Waals surface area contributed by atoms with Gasteiger partial charge in [-0.1, -0.05) is 33.1 Å². The van der Waals surface area contributed by atoms with Crippen LogP contribution in [-0.2, 0) is 4.79 Å². The van der Waals surface area contributed by atoms with Gasteiger partial charge < -0.3 is 10.4 Å². The van der Waals surface area contributed by atoms with Gasteiger partial charge in [0.2, 0.25) is 5.91 Å². The number of rotatable bonds is 5. The first-order valence-corrected chi connectivity index (χ1v) is 11.2.